The molecule has 0 aromatic heterocycles. The van der Waals surface area contributed by atoms with Crippen molar-refractivity contribution in [3.05, 3.63) is 145 Å². The van der Waals surface area contributed by atoms with Crippen molar-refractivity contribution in [2.45, 2.75) is 143 Å². The van der Waals surface area contributed by atoms with Crippen LogP contribution in [0.2, 0.25) is 0 Å². The highest BCUT2D eigenvalue weighted by Crippen LogP contribution is 2.38. The lowest BCUT2D eigenvalue weighted by molar-refractivity contribution is -0.192. The summed E-state index contributed by atoms with van der Waals surface area (Å²) in [6.07, 6.45) is 6.32. The largest absolute Gasteiger partial charge is 0.428 e. The van der Waals surface area contributed by atoms with Crippen molar-refractivity contribution >= 4 is 70.1 Å². The van der Waals surface area contributed by atoms with E-state index < -0.39 is 72.6 Å². The summed E-state index contributed by atoms with van der Waals surface area (Å²) in [4.78, 5) is 105. The van der Waals surface area contributed by atoms with Crippen molar-refractivity contribution in [2.24, 2.45) is 47.3 Å². The van der Waals surface area contributed by atoms with Gasteiger partial charge in [-0.05, 0) is 177 Å². The first kappa shape index (κ1) is 63.3. The van der Waals surface area contributed by atoms with Crippen LogP contribution in [0, 0.1) is 47.3 Å². The van der Waals surface area contributed by atoms with Gasteiger partial charge in [-0.1, -0.05) is 72.8 Å². The summed E-state index contributed by atoms with van der Waals surface area (Å²) >= 11 is 0. The third kappa shape index (κ3) is 17.5. The summed E-state index contributed by atoms with van der Waals surface area (Å²) in [6, 6.07) is 42.3. The monoisotopic (exact) mass is 1190 g/mol. The van der Waals surface area contributed by atoms with E-state index in [0.717, 1.165) is 22.7 Å². The normalized spacial score (nSPS) is 22.2. The Morgan fingerprint density at radius 2 is 0.632 bits per heavy atom. The predicted octanol–water partition coefficient (Wildman–Crippen LogP) is 12.1. The number of carbonyl (C=O) groups is 8. The Hall–Kier alpha value is -8.22. The zero-order chi connectivity index (χ0) is 61.2. The van der Waals surface area contributed by atoms with Gasteiger partial charge in [-0.3, -0.25) is 48.4 Å². The molecule has 87 heavy (non-hydrogen) atoms. The van der Waals surface area contributed by atoms with Gasteiger partial charge >= 0.3 is 35.8 Å². The van der Waals surface area contributed by atoms with Crippen molar-refractivity contribution in [3.63, 3.8) is 0 Å². The van der Waals surface area contributed by atoms with Crippen molar-refractivity contribution in [1.82, 2.24) is 10.9 Å². The average molecular weight is 1190 g/mol. The predicted molar refractivity (Wildman–Crippen MR) is 323 cm³/mol. The van der Waals surface area contributed by atoms with Crippen LogP contribution in [0.5, 0.6) is 11.5 Å². The van der Waals surface area contributed by atoms with Crippen LogP contribution < -0.4 is 30.3 Å². The van der Waals surface area contributed by atoms with Gasteiger partial charge in [0.05, 0.1) is 58.3 Å². The molecule has 0 radical (unpaired) electrons. The number of anilines is 4. The molecule has 0 spiro atoms. The fourth-order valence-corrected chi connectivity index (χ4v) is 12.3. The van der Waals surface area contributed by atoms with E-state index in [4.69, 9.17) is 28.4 Å². The Bertz CT molecular complexity index is 3050. The second-order valence-corrected chi connectivity index (χ2v) is 23.5. The average Bonchev–Trinajstić information content (AvgIpc) is 3.46. The summed E-state index contributed by atoms with van der Waals surface area (Å²) < 4.78 is 34.9. The number of Topliss-reactive ketones (excluding diaryl/α,β-unsaturated/α-hetero) is 2. The lowest BCUT2D eigenvalue weighted by atomic mass is 9.80. The maximum Gasteiger partial charge on any atom is 0.314 e. The highest BCUT2D eigenvalue weighted by Gasteiger charge is 2.37. The number of hydrazine groups is 2. The van der Waals surface area contributed by atoms with Gasteiger partial charge in [0.15, 0.2) is 0 Å². The Kier molecular flexibility index (Phi) is 22.5. The minimum absolute atomic E-state index is 0.0370. The molecule has 2 N–H and O–H groups in total. The van der Waals surface area contributed by atoms with Gasteiger partial charge in [0.25, 0.3) is 0 Å². The summed E-state index contributed by atoms with van der Waals surface area (Å²) in [5.74, 6) is -5.12. The minimum atomic E-state index is -1.10. The molecule has 0 heterocycles. The summed E-state index contributed by atoms with van der Waals surface area (Å²) in [5.41, 5.74) is 11.4. The van der Waals surface area contributed by atoms with Gasteiger partial charge in [0, 0.05) is 43.0 Å². The zero-order valence-corrected chi connectivity index (χ0v) is 49.9. The molecular formula is C69H80N4O14. The molecule has 9 rings (SSSR count). The standard InChI is InChI=1S/C69H80N4O14/c1-45(74)48-24-28-50(29-25-48)64(76)82-44-83-65(77)51-32-34-54(35-33-51)68(80)86-62-40-57(43-71-73(60-20-12-6-13-21-60)61-22-14-7-15-23-61)63(41-56(62)42-70-72(58-16-8-4-9-17-58)59-18-10-5-11-19-59)87-69(81)55-38-36-53(37-39-55)67(79)85-47(3)84-66(78)52-30-26-49(27-31-52)46(2)75/h4-23,40-41,47-55,70-71H,24-39,42-44H2,1-3H3. The quantitative estimate of drug-likeness (QED) is 0.0254. The van der Waals surface area contributed by atoms with Gasteiger partial charge in [-0.2, -0.15) is 0 Å². The number of carbonyl (C=O) groups excluding carboxylic acids is 8. The zero-order valence-electron chi connectivity index (χ0n) is 49.9. The van der Waals surface area contributed by atoms with E-state index in [0.29, 0.717) is 114 Å². The first-order chi connectivity index (χ1) is 42.2. The van der Waals surface area contributed by atoms with Gasteiger partial charge < -0.3 is 28.4 Å². The lowest BCUT2D eigenvalue weighted by Gasteiger charge is -2.29. The van der Waals surface area contributed by atoms with Crippen LogP contribution in [0.15, 0.2) is 133 Å². The Morgan fingerprint density at radius 3 is 0.908 bits per heavy atom. The molecule has 460 valence electrons. The highest BCUT2D eigenvalue weighted by atomic mass is 16.7. The van der Waals surface area contributed by atoms with E-state index in [-0.39, 0.29) is 59.8 Å². The topological polar surface area (TPSA) is 222 Å². The first-order valence-electron chi connectivity index (χ1n) is 30.8. The van der Waals surface area contributed by atoms with Crippen LogP contribution in [0.4, 0.5) is 22.7 Å². The fourth-order valence-electron chi connectivity index (χ4n) is 12.3. The molecule has 1 unspecified atom stereocenters. The molecular weight excluding hydrogens is 1110 g/mol. The van der Waals surface area contributed by atoms with Crippen molar-refractivity contribution in [2.75, 3.05) is 16.8 Å². The molecule has 0 saturated heterocycles. The van der Waals surface area contributed by atoms with Crippen LogP contribution in [0.1, 0.15) is 135 Å². The van der Waals surface area contributed by atoms with E-state index in [2.05, 4.69) is 10.9 Å². The van der Waals surface area contributed by atoms with Gasteiger partial charge in [-0.15, -0.1) is 0 Å². The number of nitrogens with one attached hydrogen (secondary N) is 2. The number of hydrogen-bond acceptors (Lipinski definition) is 18. The van der Waals surface area contributed by atoms with Gasteiger partial charge in [0.2, 0.25) is 13.1 Å². The van der Waals surface area contributed by atoms with E-state index in [9.17, 15) is 38.4 Å². The number of rotatable bonds is 24. The third-order valence-electron chi connectivity index (χ3n) is 17.6. The van der Waals surface area contributed by atoms with E-state index >= 15 is 0 Å². The number of hydrogen-bond donors (Lipinski definition) is 2. The molecule has 4 aliphatic carbocycles. The van der Waals surface area contributed by atoms with Crippen LogP contribution in [0.25, 0.3) is 0 Å². The number of nitrogens with zero attached hydrogens (tertiary/aromatic N) is 2. The SMILES string of the molecule is CC(=O)C1CCC(C(=O)OCOC(=O)C2CCC(C(=O)Oc3cc(CNN(c4ccccc4)c4ccccc4)c(OC(=O)C4CCC(C(=O)OC(C)OC(=O)C5CCC(C(C)=O)CC5)CC4)cc3CNN(c3ccccc3)c3ccccc3)CC2)CC1. The molecule has 4 aliphatic rings. The maximum absolute atomic E-state index is 14.5. The molecule has 0 amide bonds. The fraction of sp³-hybridized carbons (Fsp3) is 0.449. The molecule has 18 nitrogen and oxygen atoms in total. The summed E-state index contributed by atoms with van der Waals surface area (Å²) in [6.45, 7) is 4.35. The van der Waals surface area contributed by atoms with E-state index in [1.54, 1.807) is 26.0 Å². The Balaban J connectivity index is 0.918. The van der Waals surface area contributed by atoms with Crippen molar-refractivity contribution in [1.29, 1.82) is 0 Å². The Labute approximate surface area is 508 Å². The molecule has 4 saturated carbocycles. The lowest BCUT2D eigenvalue weighted by Crippen LogP contribution is -2.35. The smallest absolute Gasteiger partial charge is 0.314 e. The molecule has 4 fully saturated rings. The molecule has 5 aromatic carbocycles. The summed E-state index contributed by atoms with van der Waals surface area (Å²) in [7, 11) is 0. The van der Waals surface area contributed by atoms with Crippen LogP contribution in [-0.2, 0) is 70.4 Å². The number of para-hydroxylation sites is 4. The summed E-state index contributed by atoms with van der Waals surface area (Å²) in [5, 5.41) is 3.84. The number of esters is 6. The van der Waals surface area contributed by atoms with Crippen molar-refractivity contribution in [3.8, 4) is 11.5 Å². The van der Waals surface area contributed by atoms with Crippen LogP contribution in [-0.4, -0.2) is 60.5 Å². The van der Waals surface area contributed by atoms with Gasteiger partial charge in [0.1, 0.15) is 23.1 Å². The maximum atomic E-state index is 14.5. The second-order valence-electron chi connectivity index (χ2n) is 23.5. The molecule has 0 bridgehead atoms. The molecule has 18 heteroatoms. The number of benzene rings is 5. The second kappa shape index (κ2) is 30.9. The minimum Gasteiger partial charge on any atom is -0.428 e. The van der Waals surface area contributed by atoms with Gasteiger partial charge in [-0.25, -0.2) is 10.9 Å². The third-order valence-corrected chi connectivity index (χ3v) is 17.6. The van der Waals surface area contributed by atoms with E-state index in [1.807, 2.05) is 131 Å². The number of ether oxygens (including phenoxy) is 6. The number of ketones is 2. The highest BCUT2D eigenvalue weighted by molar-refractivity contribution is 5.81. The van der Waals surface area contributed by atoms with Crippen molar-refractivity contribution < 1.29 is 66.8 Å². The molecule has 1 atom stereocenters. The molecule has 5 aromatic rings. The van der Waals surface area contributed by atoms with Crippen LogP contribution >= 0.6 is 0 Å². The molecule has 0 aliphatic heterocycles. The van der Waals surface area contributed by atoms with E-state index in [1.165, 1.54) is 6.92 Å². The van der Waals surface area contributed by atoms with Crippen LogP contribution in [0.3, 0.4) is 0 Å². The first-order valence-corrected chi connectivity index (χ1v) is 30.8. The Morgan fingerprint density at radius 1 is 0.379 bits per heavy atom.